The summed E-state index contributed by atoms with van der Waals surface area (Å²) in [6, 6.07) is 32.8. The molecule has 0 atom stereocenters. The molecule has 0 spiro atoms. The van der Waals surface area contributed by atoms with Gasteiger partial charge in [0.05, 0.1) is 0 Å². The summed E-state index contributed by atoms with van der Waals surface area (Å²) in [6.45, 7) is 4.29. The second-order valence-corrected chi connectivity index (χ2v) is 8.00. The van der Waals surface area contributed by atoms with Gasteiger partial charge in [0.2, 0.25) is 0 Å². The topological polar surface area (TPSA) is 6.48 Å². The van der Waals surface area contributed by atoms with Crippen molar-refractivity contribution in [2.75, 3.05) is 20.1 Å². The van der Waals surface area contributed by atoms with Crippen LogP contribution in [-0.4, -0.2) is 29.9 Å². The van der Waals surface area contributed by atoms with E-state index in [1.807, 2.05) is 0 Å². The molecule has 2 heteroatoms. The molecule has 2 nitrogen and oxygen atoms in total. The summed E-state index contributed by atoms with van der Waals surface area (Å²) in [5.41, 5.74) is 4.34. The normalized spacial score (nSPS) is 16.9. The number of rotatable bonds is 6. The van der Waals surface area contributed by atoms with Gasteiger partial charge >= 0.3 is 0 Å². The predicted octanol–water partition coefficient (Wildman–Crippen LogP) is 5.31. The third kappa shape index (κ3) is 4.19. The van der Waals surface area contributed by atoms with Crippen molar-refractivity contribution in [2.45, 2.75) is 31.5 Å². The third-order valence-electron chi connectivity index (χ3n) is 6.24. The van der Waals surface area contributed by atoms with Crippen molar-refractivity contribution in [3.05, 3.63) is 108 Å². The minimum Gasteiger partial charge on any atom is -0.299 e. The van der Waals surface area contributed by atoms with Gasteiger partial charge in [-0.3, -0.25) is 9.80 Å². The minimum atomic E-state index is 0.101. The van der Waals surface area contributed by atoms with Gasteiger partial charge in [-0.05, 0) is 36.6 Å². The molecule has 1 aliphatic heterocycles. The number of likely N-dealkylation sites (tertiary alicyclic amines) is 1. The van der Waals surface area contributed by atoms with Crippen molar-refractivity contribution in [3.63, 3.8) is 0 Å². The predicted molar refractivity (Wildman–Crippen MR) is 117 cm³/mol. The maximum absolute atomic E-state index is 2.60. The van der Waals surface area contributed by atoms with E-state index in [-0.39, 0.29) is 5.54 Å². The van der Waals surface area contributed by atoms with Gasteiger partial charge in [0.1, 0.15) is 0 Å². The highest BCUT2D eigenvalue weighted by molar-refractivity contribution is 5.27. The molecule has 0 bridgehead atoms. The van der Waals surface area contributed by atoms with Crippen LogP contribution < -0.4 is 0 Å². The zero-order valence-electron chi connectivity index (χ0n) is 16.8. The summed E-state index contributed by atoms with van der Waals surface area (Å²) < 4.78 is 0. The lowest BCUT2D eigenvalue weighted by Crippen LogP contribution is -2.51. The molecule has 144 valence electrons. The zero-order chi connectivity index (χ0) is 19.2. The number of nitrogens with zero attached hydrogens (tertiary/aromatic N) is 2. The first-order valence-electron chi connectivity index (χ1n) is 10.3. The Morgan fingerprint density at radius 1 is 0.714 bits per heavy atom. The first-order chi connectivity index (χ1) is 13.8. The van der Waals surface area contributed by atoms with E-state index in [2.05, 4.69) is 108 Å². The molecule has 4 rings (SSSR count). The zero-order valence-corrected chi connectivity index (χ0v) is 16.8. The molecule has 1 heterocycles. The molecular formula is C26H30N2. The Balaban J connectivity index is 1.52. The van der Waals surface area contributed by atoms with Gasteiger partial charge < -0.3 is 0 Å². The number of hydrogen-bond donors (Lipinski definition) is 0. The van der Waals surface area contributed by atoms with Gasteiger partial charge in [0, 0.05) is 31.7 Å². The van der Waals surface area contributed by atoms with E-state index in [1.165, 1.54) is 16.7 Å². The maximum Gasteiger partial charge on any atom is 0.0485 e. The fourth-order valence-corrected chi connectivity index (χ4v) is 4.57. The Morgan fingerprint density at radius 2 is 1.21 bits per heavy atom. The summed E-state index contributed by atoms with van der Waals surface area (Å²) in [5, 5.41) is 0. The van der Waals surface area contributed by atoms with Gasteiger partial charge in [-0.1, -0.05) is 91.0 Å². The smallest absolute Gasteiger partial charge is 0.0485 e. The molecule has 3 aromatic carbocycles. The van der Waals surface area contributed by atoms with Crippen LogP contribution in [0.25, 0.3) is 0 Å². The average molecular weight is 371 g/mol. The van der Waals surface area contributed by atoms with Crippen molar-refractivity contribution in [2.24, 2.45) is 0 Å². The van der Waals surface area contributed by atoms with E-state index in [1.54, 1.807) is 0 Å². The molecule has 0 amide bonds. The van der Waals surface area contributed by atoms with Crippen LogP contribution in [0.3, 0.4) is 0 Å². The lowest BCUT2D eigenvalue weighted by molar-refractivity contribution is 0.0278. The van der Waals surface area contributed by atoms with Crippen LogP contribution in [0.5, 0.6) is 0 Å². The first-order valence-corrected chi connectivity index (χ1v) is 10.3. The molecule has 0 aromatic heterocycles. The number of hydrogen-bond acceptors (Lipinski definition) is 2. The molecule has 0 aliphatic carbocycles. The van der Waals surface area contributed by atoms with Gasteiger partial charge in [-0.15, -0.1) is 0 Å². The van der Waals surface area contributed by atoms with Crippen LogP contribution in [0, 0.1) is 0 Å². The summed E-state index contributed by atoms with van der Waals surface area (Å²) >= 11 is 0. The van der Waals surface area contributed by atoms with Crippen LogP contribution in [0.2, 0.25) is 0 Å². The Kier molecular flexibility index (Phi) is 5.90. The van der Waals surface area contributed by atoms with Crippen LogP contribution in [0.4, 0.5) is 0 Å². The minimum absolute atomic E-state index is 0.101. The number of piperidine rings is 1. The van der Waals surface area contributed by atoms with Crippen LogP contribution in [0.15, 0.2) is 91.0 Å². The summed E-state index contributed by atoms with van der Waals surface area (Å²) in [7, 11) is 2.30. The summed E-state index contributed by atoms with van der Waals surface area (Å²) in [4.78, 5) is 5.18. The molecule has 0 saturated carbocycles. The molecule has 1 aliphatic rings. The fraction of sp³-hybridized carbons (Fsp3) is 0.308. The van der Waals surface area contributed by atoms with E-state index in [0.717, 1.165) is 39.0 Å². The van der Waals surface area contributed by atoms with Crippen LogP contribution in [-0.2, 0) is 18.6 Å². The standard InChI is InChI=1S/C26H30N2/c1-27(21-23-11-5-2-6-12-23)26(25-15-9-4-10-16-25)17-19-28(20-18-26)22-24-13-7-3-8-14-24/h2-16H,17-22H2,1H3. The second-order valence-electron chi connectivity index (χ2n) is 8.00. The molecule has 3 aromatic rings. The van der Waals surface area contributed by atoms with Gasteiger partial charge in [0.15, 0.2) is 0 Å². The van der Waals surface area contributed by atoms with Crippen molar-refractivity contribution >= 4 is 0 Å². The Labute approximate surface area is 169 Å². The van der Waals surface area contributed by atoms with E-state index in [9.17, 15) is 0 Å². The maximum atomic E-state index is 2.60. The quantitative estimate of drug-likeness (QED) is 0.580. The van der Waals surface area contributed by atoms with Gasteiger partial charge in [-0.2, -0.15) is 0 Å². The highest BCUT2D eigenvalue weighted by Crippen LogP contribution is 2.39. The van der Waals surface area contributed by atoms with Crippen molar-refractivity contribution < 1.29 is 0 Å². The first kappa shape index (κ1) is 18.9. The Bertz CT molecular complexity index is 837. The van der Waals surface area contributed by atoms with Crippen molar-refractivity contribution in [1.82, 2.24) is 9.80 Å². The molecular weight excluding hydrogens is 340 g/mol. The average Bonchev–Trinajstić information content (AvgIpc) is 2.76. The Hall–Kier alpha value is -2.42. The molecule has 0 unspecified atom stereocenters. The van der Waals surface area contributed by atoms with Crippen LogP contribution in [0.1, 0.15) is 29.5 Å². The third-order valence-corrected chi connectivity index (χ3v) is 6.24. The van der Waals surface area contributed by atoms with E-state index in [0.29, 0.717) is 0 Å². The SMILES string of the molecule is CN(Cc1ccccc1)C1(c2ccccc2)CCN(Cc2ccccc2)CC1. The molecule has 1 saturated heterocycles. The molecule has 0 N–H and O–H groups in total. The van der Waals surface area contributed by atoms with Crippen molar-refractivity contribution in [3.8, 4) is 0 Å². The highest BCUT2D eigenvalue weighted by atomic mass is 15.2. The summed E-state index contributed by atoms with van der Waals surface area (Å²) in [5.74, 6) is 0. The van der Waals surface area contributed by atoms with E-state index < -0.39 is 0 Å². The number of benzene rings is 3. The second kappa shape index (κ2) is 8.72. The fourth-order valence-electron chi connectivity index (χ4n) is 4.57. The summed E-state index contributed by atoms with van der Waals surface area (Å²) in [6.07, 6.45) is 2.32. The highest BCUT2D eigenvalue weighted by Gasteiger charge is 2.39. The molecule has 1 fully saturated rings. The lowest BCUT2D eigenvalue weighted by Gasteiger charge is -2.48. The van der Waals surface area contributed by atoms with E-state index in [4.69, 9.17) is 0 Å². The van der Waals surface area contributed by atoms with Gasteiger partial charge in [0.25, 0.3) is 0 Å². The monoisotopic (exact) mass is 370 g/mol. The Morgan fingerprint density at radius 3 is 1.79 bits per heavy atom. The molecule has 28 heavy (non-hydrogen) atoms. The van der Waals surface area contributed by atoms with Gasteiger partial charge in [-0.25, -0.2) is 0 Å². The lowest BCUT2D eigenvalue weighted by atomic mass is 9.79. The largest absolute Gasteiger partial charge is 0.299 e. The van der Waals surface area contributed by atoms with Crippen LogP contribution >= 0.6 is 0 Å². The van der Waals surface area contributed by atoms with Crippen molar-refractivity contribution in [1.29, 1.82) is 0 Å². The van der Waals surface area contributed by atoms with E-state index >= 15 is 0 Å². The molecule has 0 radical (unpaired) electrons.